The van der Waals surface area contributed by atoms with Crippen LogP contribution in [0.25, 0.3) is 48.7 Å². The summed E-state index contributed by atoms with van der Waals surface area (Å²) in [4.78, 5) is 11.2. The summed E-state index contributed by atoms with van der Waals surface area (Å²) in [5.74, 6) is 0.618. The Morgan fingerprint density at radius 2 is 1.38 bits per heavy atom. The Balaban J connectivity index is 1.34. The summed E-state index contributed by atoms with van der Waals surface area (Å²) >= 11 is 3.19. The van der Waals surface area contributed by atoms with Crippen molar-refractivity contribution in [2.24, 2.45) is 0 Å². The molecule has 0 saturated heterocycles. The highest BCUT2D eigenvalue weighted by Crippen LogP contribution is 2.44. The lowest BCUT2D eigenvalue weighted by atomic mass is 9.77. The van der Waals surface area contributed by atoms with Gasteiger partial charge in [0.15, 0.2) is 5.82 Å². The van der Waals surface area contributed by atoms with E-state index in [2.05, 4.69) is 155 Å². The molecule has 0 aliphatic rings. The van der Waals surface area contributed by atoms with Crippen molar-refractivity contribution >= 4 is 28.3 Å². The smallest absolute Gasteiger partial charge is 0.189 e. The summed E-state index contributed by atoms with van der Waals surface area (Å²) in [6.07, 6.45) is 8.01. The molecule has 0 fully saturated rings. The third kappa shape index (κ3) is 4.59. The van der Waals surface area contributed by atoms with E-state index in [1.807, 2.05) is 29.9 Å². The van der Waals surface area contributed by atoms with Gasteiger partial charge in [0, 0.05) is 35.1 Å². The lowest BCUT2D eigenvalue weighted by molar-refractivity contribution is 0.461. The molecule has 0 radical (unpaired) electrons. The Labute approximate surface area is 282 Å². The highest BCUT2D eigenvalue weighted by Gasteiger charge is 2.40. The molecule has 1 N–H and O–H groups in total. The average molecular weight is 660 g/mol. The fraction of sp³-hybridized carbons (Fsp3) is 0.0270. The summed E-state index contributed by atoms with van der Waals surface area (Å²) in [6.45, 7) is 0. The van der Waals surface area contributed by atoms with Crippen LogP contribution in [-0.2, 0) is 5.54 Å². The lowest BCUT2D eigenvalue weighted by Gasteiger charge is -2.36. The van der Waals surface area contributed by atoms with Gasteiger partial charge in [-0.25, -0.2) is 15.1 Å². The molecule has 0 aliphatic carbocycles. The van der Waals surface area contributed by atoms with E-state index in [4.69, 9.17) is 5.10 Å². The van der Waals surface area contributed by atoms with Crippen molar-refractivity contribution in [2.45, 2.75) is 5.54 Å². The number of aromatic nitrogens is 9. The van der Waals surface area contributed by atoms with Gasteiger partial charge in [-0.1, -0.05) is 91.0 Å². The van der Waals surface area contributed by atoms with Crippen LogP contribution in [0, 0.1) is 0 Å². The number of tetrazole rings is 1. The maximum atomic E-state index is 5.52. The first-order valence-corrected chi connectivity index (χ1v) is 17.0. The molecule has 3 aromatic carbocycles. The van der Waals surface area contributed by atoms with Crippen molar-refractivity contribution in [3.63, 3.8) is 0 Å². The Hall–Kier alpha value is -6.04. The van der Waals surface area contributed by atoms with Crippen molar-refractivity contribution in [1.82, 2.24) is 44.8 Å². The Morgan fingerprint density at radius 3 is 2.00 bits per heavy atom. The fourth-order valence-corrected chi connectivity index (χ4v) is 7.96. The van der Waals surface area contributed by atoms with Crippen LogP contribution >= 0.6 is 22.7 Å². The van der Waals surface area contributed by atoms with Crippen LogP contribution in [0.3, 0.4) is 0 Å². The zero-order valence-corrected chi connectivity index (χ0v) is 26.9. The Kier molecular flexibility index (Phi) is 6.84. The van der Waals surface area contributed by atoms with Gasteiger partial charge in [0.25, 0.3) is 0 Å². The molecule has 0 amide bonds. The number of pyridine rings is 1. The zero-order chi connectivity index (χ0) is 31.9. The van der Waals surface area contributed by atoms with E-state index in [0.29, 0.717) is 5.82 Å². The molecule has 0 unspecified atom stereocenters. The molecular formula is C37H25N9S2. The number of rotatable bonds is 8. The van der Waals surface area contributed by atoms with E-state index in [1.54, 1.807) is 22.7 Å². The van der Waals surface area contributed by atoms with Crippen molar-refractivity contribution in [2.75, 3.05) is 0 Å². The maximum Gasteiger partial charge on any atom is 0.189 e. The lowest BCUT2D eigenvalue weighted by Crippen LogP contribution is -2.38. The fourth-order valence-electron chi connectivity index (χ4n) is 6.38. The third-order valence-electron chi connectivity index (χ3n) is 8.52. The molecule has 9 rings (SSSR count). The average Bonchev–Trinajstić information content (AvgIpc) is 3.99. The van der Waals surface area contributed by atoms with E-state index < -0.39 is 5.54 Å². The van der Waals surface area contributed by atoms with Crippen LogP contribution in [0.15, 0.2) is 145 Å². The predicted molar refractivity (Wildman–Crippen MR) is 189 cm³/mol. The summed E-state index contributed by atoms with van der Waals surface area (Å²) in [5.41, 5.74) is 7.13. The Morgan fingerprint density at radius 1 is 0.688 bits per heavy atom. The molecule has 0 atom stereocenters. The largest absolute Gasteiger partial charge is 0.297 e. The third-order valence-corrected chi connectivity index (χ3v) is 10.4. The van der Waals surface area contributed by atoms with Crippen molar-refractivity contribution in [3.8, 4) is 43.1 Å². The molecule has 6 heterocycles. The highest BCUT2D eigenvalue weighted by atomic mass is 32.1. The number of aromatic amines is 1. The van der Waals surface area contributed by atoms with Crippen molar-refractivity contribution in [3.05, 3.63) is 162 Å². The van der Waals surface area contributed by atoms with E-state index in [1.165, 1.54) is 0 Å². The molecule has 9 nitrogen and oxygen atoms in total. The van der Waals surface area contributed by atoms with Gasteiger partial charge in [0.2, 0.25) is 0 Å². The SMILES string of the molecule is c1ccc(C(c2ccccc2)(c2ccccc2)n2cc(-c3ccc4ncc(-c5nccs5)n4c3)c(-c3ccc(-c4nnn[nH]4)s3)n2)cc1. The summed E-state index contributed by atoms with van der Waals surface area (Å²) in [6, 6.07) is 40.0. The number of H-pyrrole nitrogens is 1. The number of nitrogens with one attached hydrogen (secondary N) is 1. The van der Waals surface area contributed by atoms with E-state index in [0.717, 1.165) is 59.6 Å². The van der Waals surface area contributed by atoms with E-state index in [-0.39, 0.29) is 0 Å². The van der Waals surface area contributed by atoms with Gasteiger partial charge in [-0.15, -0.1) is 27.8 Å². The molecule has 9 aromatic rings. The quantitative estimate of drug-likeness (QED) is 0.166. The number of nitrogens with zero attached hydrogens (tertiary/aromatic N) is 8. The summed E-state index contributed by atoms with van der Waals surface area (Å²) in [7, 11) is 0. The molecule has 0 saturated carbocycles. The normalized spacial score (nSPS) is 11.8. The van der Waals surface area contributed by atoms with Crippen LogP contribution < -0.4 is 0 Å². The van der Waals surface area contributed by atoms with Crippen LogP contribution in [0.5, 0.6) is 0 Å². The molecule has 11 heteroatoms. The standard InChI is InChI=1S/C37H25N9S2/c1-4-10-26(11-5-1)37(27-12-6-2-7-13-27,28-14-8-3-9-15-28)46-24-29(34(42-46)31-17-18-32(48-31)35-40-43-44-41-35)25-16-19-33-39-22-30(45(33)23-25)36-38-20-21-47-36/h1-24H,(H,40,41,43,44). The Bertz CT molecular complexity index is 2350. The summed E-state index contributed by atoms with van der Waals surface area (Å²) in [5, 5.41) is 23.0. The minimum atomic E-state index is -0.781. The topological polar surface area (TPSA) is 102 Å². The number of hydrogen-bond acceptors (Lipinski definition) is 8. The molecule has 48 heavy (non-hydrogen) atoms. The van der Waals surface area contributed by atoms with Gasteiger partial charge in [0.05, 0.1) is 16.0 Å². The maximum absolute atomic E-state index is 5.52. The van der Waals surface area contributed by atoms with Crippen molar-refractivity contribution in [1.29, 1.82) is 0 Å². The minimum absolute atomic E-state index is 0.618. The monoisotopic (exact) mass is 659 g/mol. The van der Waals surface area contributed by atoms with Crippen LogP contribution in [0.4, 0.5) is 0 Å². The number of thiophene rings is 1. The molecule has 0 bridgehead atoms. The first-order valence-electron chi connectivity index (χ1n) is 15.3. The molecule has 0 spiro atoms. The zero-order valence-electron chi connectivity index (χ0n) is 25.3. The molecule has 230 valence electrons. The van der Waals surface area contributed by atoms with Gasteiger partial charge in [-0.05, 0) is 51.4 Å². The minimum Gasteiger partial charge on any atom is -0.297 e. The first-order chi connectivity index (χ1) is 23.8. The van der Waals surface area contributed by atoms with Gasteiger partial charge in [0.1, 0.15) is 27.6 Å². The summed E-state index contributed by atoms with van der Waals surface area (Å²) < 4.78 is 4.24. The van der Waals surface area contributed by atoms with Crippen molar-refractivity contribution < 1.29 is 0 Å². The number of hydrogen-bond donors (Lipinski definition) is 1. The second-order valence-corrected chi connectivity index (χ2v) is 13.2. The van der Waals surface area contributed by atoms with Gasteiger partial charge in [-0.2, -0.15) is 5.10 Å². The number of fused-ring (bicyclic) bond motifs is 1. The second kappa shape index (κ2) is 11.6. The van der Waals surface area contributed by atoms with Gasteiger partial charge < -0.3 is 0 Å². The van der Waals surface area contributed by atoms with Crippen LogP contribution in [0.2, 0.25) is 0 Å². The van der Waals surface area contributed by atoms with E-state index in [9.17, 15) is 0 Å². The molecule has 0 aliphatic heterocycles. The predicted octanol–water partition coefficient (Wildman–Crippen LogP) is 8.07. The molecule has 6 aromatic heterocycles. The van der Waals surface area contributed by atoms with Crippen LogP contribution in [-0.4, -0.2) is 44.8 Å². The number of benzene rings is 3. The van der Waals surface area contributed by atoms with Gasteiger partial charge >= 0.3 is 0 Å². The molecular weight excluding hydrogens is 635 g/mol. The van der Waals surface area contributed by atoms with E-state index >= 15 is 0 Å². The highest BCUT2D eigenvalue weighted by molar-refractivity contribution is 7.18. The number of imidazole rings is 1. The second-order valence-electron chi connectivity index (χ2n) is 11.2. The van der Waals surface area contributed by atoms with Gasteiger partial charge in [-0.3, -0.25) is 9.08 Å². The first kappa shape index (κ1) is 28.2. The number of thiazole rings is 1. The van der Waals surface area contributed by atoms with Crippen LogP contribution in [0.1, 0.15) is 16.7 Å².